The first-order valence-corrected chi connectivity index (χ1v) is 9.82. The summed E-state index contributed by atoms with van der Waals surface area (Å²) in [6, 6.07) is 2.06. The van der Waals surface area contributed by atoms with E-state index in [2.05, 4.69) is 11.4 Å². The highest BCUT2D eigenvalue weighted by molar-refractivity contribution is 7.99. The lowest BCUT2D eigenvalue weighted by molar-refractivity contribution is 0.0940. The summed E-state index contributed by atoms with van der Waals surface area (Å²) in [5.74, 6) is 0.00625. The maximum atomic E-state index is 12.4. The molecule has 1 heterocycles. The molecule has 2 N–H and O–H groups in total. The topological polar surface area (TPSA) is 49.3 Å². The first kappa shape index (κ1) is 16.8. The van der Waals surface area contributed by atoms with Crippen LogP contribution in [0, 0.1) is 0 Å². The largest absolute Gasteiger partial charge is 0.395 e. The second kappa shape index (κ2) is 8.20. The van der Waals surface area contributed by atoms with Gasteiger partial charge in [-0.15, -0.1) is 11.3 Å². The first-order chi connectivity index (χ1) is 10.2. The molecule has 1 aliphatic rings. The molecule has 0 bridgehead atoms. The van der Waals surface area contributed by atoms with Gasteiger partial charge in [0.05, 0.1) is 11.5 Å². The molecule has 0 aromatic carbocycles. The van der Waals surface area contributed by atoms with Gasteiger partial charge in [-0.3, -0.25) is 4.79 Å². The Bertz CT molecular complexity index is 443. The number of carbonyl (C=O) groups excluding carboxylic acids is 1. The van der Waals surface area contributed by atoms with Gasteiger partial charge in [0.2, 0.25) is 0 Å². The summed E-state index contributed by atoms with van der Waals surface area (Å²) in [5.41, 5.74) is 1.38. The van der Waals surface area contributed by atoms with E-state index >= 15 is 0 Å². The Morgan fingerprint density at radius 3 is 2.76 bits per heavy atom. The SMILES string of the molecule is CSC(CO)C(C)NC(=O)c1cc2c(s1)CCCCCC2. The summed E-state index contributed by atoms with van der Waals surface area (Å²) >= 11 is 3.24. The van der Waals surface area contributed by atoms with Gasteiger partial charge in [-0.1, -0.05) is 12.8 Å². The van der Waals surface area contributed by atoms with Gasteiger partial charge in [0.15, 0.2) is 0 Å². The average Bonchev–Trinajstić information content (AvgIpc) is 2.82. The molecule has 0 aliphatic heterocycles. The second-order valence-electron chi connectivity index (χ2n) is 5.69. The number of amides is 1. The monoisotopic (exact) mass is 327 g/mol. The minimum absolute atomic E-state index is 0.00625. The zero-order chi connectivity index (χ0) is 15.2. The van der Waals surface area contributed by atoms with Crippen LogP contribution in [-0.2, 0) is 12.8 Å². The smallest absolute Gasteiger partial charge is 0.261 e. The third-order valence-electron chi connectivity index (χ3n) is 4.12. The molecule has 1 aromatic rings. The molecule has 2 rings (SSSR count). The van der Waals surface area contributed by atoms with Gasteiger partial charge >= 0.3 is 0 Å². The van der Waals surface area contributed by atoms with Gasteiger partial charge in [0.1, 0.15) is 0 Å². The lowest BCUT2D eigenvalue weighted by Crippen LogP contribution is -2.40. The summed E-state index contributed by atoms with van der Waals surface area (Å²) in [6.45, 7) is 2.04. The van der Waals surface area contributed by atoms with Crippen molar-refractivity contribution in [3.63, 3.8) is 0 Å². The minimum atomic E-state index is -0.0258. The lowest BCUT2D eigenvalue weighted by atomic mass is 10.00. The molecule has 5 heteroatoms. The zero-order valence-corrected chi connectivity index (χ0v) is 14.5. The summed E-state index contributed by atoms with van der Waals surface area (Å²) in [4.78, 5) is 14.6. The first-order valence-electron chi connectivity index (χ1n) is 7.71. The van der Waals surface area contributed by atoms with Crippen LogP contribution in [0.3, 0.4) is 0 Å². The lowest BCUT2D eigenvalue weighted by Gasteiger charge is -2.20. The fourth-order valence-corrected chi connectivity index (χ4v) is 4.55. The maximum absolute atomic E-state index is 12.4. The highest BCUT2D eigenvalue weighted by Gasteiger charge is 2.20. The van der Waals surface area contributed by atoms with E-state index in [9.17, 15) is 9.90 Å². The number of rotatable bonds is 5. The molecule has 0 fully saturated rings. The number of aliphatic hydroxyl groups is 1. The van der Waals surface area contributed by atoms with Crippen LogP contribution >= 0.6 is 23.1 Å². The standard InChI is InChI=1S/C16H25NO2S2/c1-11(15(10-18)20-2)17-16(19)14-9-12-7-5-3-4-6-8-13(12)21-14/h9,11,15,18H,3-8,10H2,1-2H3,(H,17,19). The predicted octanol–water partition coefficient (Wildman–Crippen LogP) is 3.25. The van der Waals surface area contributed by atoms with Crippen molar-refractivity contribution in [2.45, 2.75) is 56.7 Å². The van der Waals surface area contributed by atoms with E-state index in [0.717, 1.165) is 17.7 Å². The number of nitrogens with one attached hydrogen (secondary N) is 1. The van der Waals surface area contributed by atoms with E-state index in [-0.39, 0.29) is 23.8 Å². The minimum Gasteiger partial charge on any atom is -0.395 e. The van der Waals surface area contributed by atoms with Gasteiger partial charge in [-0.05, 0) is 50.5 Å². The number of thioether (sulfide) groups is 1. The average molecular weight is 328 g/mol. The molecular formula is C16H25NO2S2. The normalized spacial score (nSPS) is 18.2. The van der Waals surface area contributed by atoms with Crippen LogP contribution in [-0.4, -0.2) is 35.2 Å². The van der Waals surface area contributed by atoms with Gasteiger partial charge in [-0.2, -0.15) is 11.8 Å². The molecule has 2 unspecified atom stereocenters. The zero-order valence-electron chi connectivity index (χ0n) is 12.9. The predicted molar refractivity (Wildman–Crippen MR) is 91.5 cm³/mol. The van der Waals surface area contributed by atoms with Crippen molar-refractivity contribution in [2.24, 2.45) is 0 Å². The highest BCUT2D eigenvalue weighted by Crippen LogP contribution is 2.28. The van der Waals surface area contributed by atoms with E-state index in [1.807, 2.05) is 13.2 Å². The molecule has 1 aliphatic carbocycles. The van der Waals surface area contributed by atoms with Gasteiger partial charge < -0.3 is 10.4 Å². The molecule has 1 amide bonds. The van der Waals surface area contributed by atoms with Gasteiger partial charge in [0, 0.05) is 16.2 Å². The Hall–Kier alpha value is -0.520. The Morgan fingerprint density at radius 2 is 2.10 bits per heavy atom. The number of hydrogen-bond acceptors (Lipinski definition) is 4. The van der Waals surface area contributed by atoms with Gasteiger partial charge in [0.25, 0.3) is 5.91 Å². The molecule has 2 atom stereocenters. The van der Waals surface area contributed by atoms with E-state index in [1.165, 1.54) is 36.1 Å². The molecule has 0 saturated carbocycles. The Balaban J connectivity index is 2.04. The third kappa shape index (κ3) is 4.47. The molecule has 3 nitrogen and oxygen atoms in total. The summed E-state index contributed by atoms with van der Waals surface area (Å²) < 4.78 is 0. The molecule has 0 saturated heterocycles. The molecule has 1 aromatic heterocycles. The molecule has 0 spiro atoms. The van der Waals surface area contributed by atoms with E-state index in [4.69, 9.17) is 0 Å². The van der Waals surface area contributed by atoms with Crippen molar-refractivity contribution in [1.29, 1.82) is 0 Å². The van der Waals surface area contributed by atoms with Crippen molar-refractivity contribution >= 4 is 29.0 Å². The van der Waals surface area contributed by atoms with Gasteiger partial charge in [-0.25, -0.2) is 0 Å². The number of fused-ring (bicyclic) bond motifs is 1. The summed E-state index contributed by atoms with van der Waals surface area (Å²) in [7, 11) is 0. The van der Waals surface area contributed by atoms with Crippen LogP contribution in [0.1, 0.15) is 52.7 Å². The van der Waals surface area contributed by atoms with Crippen LogP contribution in [0.2, 0.25) is 0 Å². The van der Waals surface area contributed by atoms with E-state index in [1.54, 1.807) is 23.1 Å². The molecular weight excluding hydrogens is 302 g/mol. The third-order valence-corrected chi connectivity index (χ3v) is 6.52. The molecule has 0 radical (unpaired) electrons. The fraction of sp³-hybridized carbons (Fsp3) is 0.688. The number of aliphatic hydroxyl groups excluding tert-OH is 1. The van der Waals surface area contributed by atoms with Crippen LogP contribution in [0.4, 0.5) is 0 Å². The molecule has 21 heavy (non-hydrogen) atoms. The summed E-state index contributed by atoms with van der Waals surface area (Å²) in [5, 5.41) is 12.4. The van der Waals surface area contributed by atoms with E-state index in [0.29, 0.717) is 0 Å². The van der Waals surface area contributed by atoms with Crippen LogP contribution < -0.4 is 5.32 Å². The fourth-order valence-electron chi connectivity index (χ4n) is 2.76. The Kier molecular flexibility index (Phi) is 6.58. The highest BCUT2D eigenvalue weighted by atomic mass is 32.2. The van der Waals surface area contributed by atoms with Crippen molar-refractivity contribution in [2.75, 3.05) is 12.9 Å². The Labute approximate surface area is 135 Å². The van der Waals surface area contributed by atoms with Crippen molar-refractivity contribution < 1.29 is 9.90 Å². The van der Waals surface area contributed by atoms with Crippen LogP contribution in [0.25, 0.3) is 0 Å². The van der Waals surface area contributed by atoms with Crippen molar-refractivity contribution in [3.8, 4) is 0 Å². The van der Waals surface area contributed by atoms with Crippen molar-refractivity contribution in [3.05, 3.63) is 21.4 Å². The number of aryl methyl sites for hydroxylation is 2. The van der Waals surface area contributed by atoms with Crippen molar-refractivity contribution in [1.82, 2.24) is 5.32 Å². The summed E-state index contributed by atoms with van der Waals surface area (Å²) in [6.07, 6.45) is 9.28. The van der Waals surface area contributed by atoms with Crippen LogP contribution in [0.15, 0.2) is 6.07 Å². The number of hydrogen-bond donors (Lipinski definition) is 2. The van der Waals surface area contributed by atoms with E-state index < -0.39 is 0 Å². The van der Waals surface area contributed by atoms with Crippen LogP contribution in [0.5, 0.6) is 0 Å². The molecule has 118 valence electrons. The number of thiophene rings is 1. The maximum Gasteiger partial charge on any atom is 0.261 e. The second-order valence-corrected chi connectivity index (χ2v) is 7.91. The quantitative estimate of drug-likeness (QED) is 0.873. The Morgan fingerprint density at radius 1 is 1.38 bits per heavy atom. The number of carbonyl (C=O) groups is 1.